The van der Waals surface area contributed by atoms with E-state index in [0.29, 0.717) is 42.6 Å². The van der Waals surface area contributed by atoms with E-state index >= 15 is 0 Å². The first-order valence-corrected chi connectivity index (χ1v) is 19.4. The second-order valence-electron chi connectivity index (χ2n) is 13.1. The Balaban J connectivity index is 0.000000146. The molecule has 0 aliphatic rings. The molecule has 8 aromatic carbocycles. The van der Waals surface area contributed by atoms with E-state index in [9.17, 15) is 9.59 Å². The van der Waals surface area contributed by atoms with Crippen molar-refractivity contribution >= 4 is 102 Å². The van der Waals surface area contributed by atoms with Crippen molar-refractivity contribution in [3.8, 4) is 22.5 Å². The monoisotopic (exact) mass is 836 g/mol. The van der Waals surface area contributed by atoms with Crippen LogP contribution in [-0.2, 0) is 0 Å². The van der Waals surface area contributed by atoms with E-state index in [-0.39, 0.29) is 0 Å². The van der Waals surface area contributed by atoms with Crippen LogP contribution in [0.25, 0.3) is 55.1 Å². The van der Waals surface area contributed by atoms with Crippen molar-refractivity contribution in [1.82, 2.24) is 9.97 Å². The summed E-state index contributed by atoms with van der Waals surface area (Å²) in [5.41, 5.74) is 18.7. The van der Waals surface area contributed by atoms with Crippen LogP contribution in [0.2, 0.25) is 20.1 Å². The number of rotatable bonds is 5. The van der Waals surface area contributed by atoms with Crippen LogP contribution in [0, 0.1) is 0 Å². The summed E-state index contributed by atoms with van der Waals surface area (Å²) in [4.78, 5) is 33.9. The molecule has 6 nitrogen and oxygen atoms in total. The first-order valence-electron chi connectivity index (χ1n) is 17.9. The first kappa shape index (κ1) is 39.9. The Morgan fingerprint density at radius 3 is 1.31 bits per heavy atom. The van der Waals surface area contributed by atoms with Gasteiger partial charge in [-0.1, -0.05) is 131 Å². The van der Waals surface area contributed by atoms with Crippen molar-refractivity contribution in [3.05, 3.63) is 201 Å². The lowest BCUT2D eigenvalue weighted by atomic mass is 10.0. The largest absolute Gasteiger partial charge is 0.397 e. The van der Waals surface area contributed by atoms with Crippen LogP contribution in [0.4, 0.5) is 11.4 Å². The molecule has 0 fully saturated rings. The molecule has 10 heteroatoms. The van der Waals surface area contributed by atoms with Gasteiger partial charge in [-0.3, -0.25) is 9.59 Å². The number of nitrogens with two attached hydrogens (primary N) is 2. The van der Waals surface area contributed by atoms with Crippen LogP contribution < -0.4 is 11.5 Å². The highest BCUT2D eigenvalue weighted by Crippen LogP contribution is 2.34. The second-order valence-corrected chi connectivity index (χ2v) is 14.8. The van der Waals surface area contributed by atoms with Crippen molar-refractivity contribution in [3.63, 3.8) is 0 Å². The van der Waals surface area contributed by atoms with Crippen molar-refractivity contribution in [2.45, 2.75) is 0 Å². The van der Waals surface area contributed by atoms with Crippen LogP contribution in [0.15, 0.2) is 170 Å². The molecular weight excluding hydrogens is 806 g/mol. The minimum Gasteiger partial charge on any atom is -0.397 e. The molecule has 0 aliphatic carbocycles. The molecule has 0 bridgehead atoms. The Bertz CT molecular complexity index is 2870. The fraction of sp³-hybridized carbons (Fsp3) is 0. The maximum atomic E-state index is 11.9. The summed E-state index contributed by atoms with van der Waals surface area (Å²) in [5, 5.41) is 6.81. The molecule has 1 aromatic heterocycles. The van der Waals surface area contributed by atoms with E-state index < -0.39 is 11.6 Å². The van der Waals surface area contributed by atoms with E-state index in [1.807, 2.05) is 103 Å². The van der Waals surface area contributed by atoms with Gasteiger partial charge in [0.1, 0.15) is 0 Å². The average Bonchev–Trinajstić information content (AvgIpc) is 3.25. The predicted molar refractivity (Wildman–Crippen MR) is 242 cm³/mol. The summed E-state index contributed by atoms with van der Waals surface area (Å²) in [5.74, 6) is -1.12. The third-order valence-electron chi connectivity index (χ3n) is 9.22. The third kappa shape index (κ3) is 9.13. The van der Waals surface area contributed by atoms with Crippen LogP contribution in [0.1, 0.15) is 20.7 Å². The van der Waals surface area contributed by atoms with Gasteiger partial charge in [-0.25, -0.2) is 9.97 Å². The lowest BCUT2D eigenvalue weighted by Gasteiger charge is -2.12. The Labute approximate surface area is 354 Å². The molecule has 9 aromatic rings. The standard InChI is InChI=1S/C24H14Cl2N2.C14H8Cl2O2.C10H10N2/c25-18-10-5-16(6-11-18)22-23(17-7-12-19(26)13-8-17)28-24-20-4-2-1-3-15(20)9-14-21(24)27-22;15-11-5-1-9(2-6-11)13(17)14(18)10-3-7-12(16)8-4-10;11-9-6-5-7-3-1-2-4-8(7)10(9)12/h1-14H;1-8H;1-6H,11-12H2. The number of fused-ring (bicyclic) bond motifs is 4. The number of hydrogen-bond donors (Lipinski definition) is 2. The van der Waals surface area contributed by atoms with Crippen molar-refractivity contribution < 1.29 is 9.59 Å². The Hall–Kier alpha value is -6.28. The summed E-state index contributed by atoms with van der Waals surface area (Å²) in [6.45, 7) is 0. The number of hydrogen-bond acceptors (Lipinski definition) is 6. The minimum atomic E-state index is -0.561. The predicted octanol–water partition coefficient (Wildman–Crippen LogP) is 13.5. The number of anilines is 2. The number of carbonyl (C=O) groups is 2. The van der Waals surface area contributed by atoms with Gasteiger partial charge in [0.05, 0.1) is 33.8 Å². The molecule has 284 valence electrons. The minimum absolute atomic E-state index is 0.319. The zero-order valence-electron chi connectivity index (χ0n) is 30.5. The molecule has 0 radical (unpaired) electrons. The summed E-state index contributed by atoms with van der Waals surface area (Å²) < 4.78 is 0. The second kappa shape index (κ2) is 17.9. The van der Waals surface area contributed by atoms with E-state index in [1.54, 1.807) is 24.3 Å². The highest BCUT2D eigenvalue weighted by Gasteiger charge is 2.18. The SMILES string of the molecule is Clc1ccc(-c2nc3ccc4ccccc4c3nc2-c2ccc(Cl)cc2)cc1.Nc1ccc2ccccc2c1N.O=C(C(=O)c1ccc(Cl)cc1)c1ccc(Cl)cc1. The summed E-state index contributed by atoms with van der Waals surface area (Å²) in [6, 6.07) is 51.8. The quantitative estimate of drug-likeness (QED) is 0.0773. The van der Waals surface area contributed by atoms with Crippen molar-refractivity contribution in [2.24, 2.45) is 0 Å². The topological polar surface area (TPSA) is 112 Å². The first-order chi connectivity index (χ1) is 28.0. The maximum Gasteiger partial charge on any atom is 0.233 e. The van der Waals surface area contributed by atoms with Gasteiger partial charge < -0.3 is 11.5 Å². The highest BCUT2D eigenvalue weighted by atomic mass is 35.5. The molecule has 4 N–H and O–H groups in total. The Kier molecular flexibility index (Phi) is 12.3. The smallest absolute Gasteiger partial charge is 0.233 e. The Morgan fingerprint density at radius 1 is 0.414 bits per heavy atom. The molecule has 0 saturated heterocycles. The number of benzene rings is 8. The zero-order chi connectivity index (χ0) is 40.8. The van der Waals surface area contributed by atoms with Crippen molar-refractivity contribution in [1.29, 1.82) is 0 Å². The molecule has 1 heterocycles. The average molecular weight is 839 g/mol. The van der Waals surface area contributed by atoms with Crippen molar-refractivity contribution in [2.75, 3.05) is 11.5 Å². The number of aromatic nitrogens is 2. The molecular formula is C48H32Cl4N4O2. The third-order valence-corrected chi connectivity index (χ3v) is 10.2. The maximum absolute atomic E-state index is 11.9. The molecule has 0 atom stereocenters. The Morgan fingerprint density at radius 2 is 0.810 bits per heavy atom. The van der Waals surface area contributed by atoms with Crippen LogP contribution in [0.5, 0.6) is 0 Å². The van der Waals surface area contributed by atoms with Gasteiger partial charge in [0, 0.05) is 53.1 Å². The fourth-order valence-corrected chi connectivity index (χ4v) is 6.69. The molecule has 58 heavy (non-hydrogen) atoms. The molecule has 9 rings (SSSR count). The van der Waals surface area contributed by atoms with E-state index in [0.717, 1.165) is 55.1 Å². The van der Waals surface area contributed by atoms with Gasteiger partial charge in [0.15, 0.2) is 0 Å². The molecule has 0 saturated carbocycles. The lowest BCUT2D eigenvalue weighted by molar-refractivity contribution is 0.0817. The number of halogens is 4. The normalized spacial score (nSPS) is 10.7. The number of carbonyl (C=O) groups excluding carboxylic acids is 2. The number of nitrogen functional groups attached to an aromatic ring is 2. The van der Waals surface area contributed by atoms with Gasteiger partial charge in [0.25, 0.3) is 0 Å². The summed E-state index contributed by atoms with van der Waals surface area (Å²) in [7, 11) is 0. The highest BCUT2D eigenvalue weighted by molar-refractivity contribution is 6.49. The van der Waals surface area contributed by atoms with E-state index in [1.165, 1.54) is 24.3 Å². The summed E-state index contributed by atoms with van der Waals surface area (Å²) in [6.07, 6.45) is 0. The van der Waals surface area contributed by atoms with Gasteiger partial charge in [0.2, 0.25) is 11.6 Å². The number of Topliss-reactive ketones (excluding diaryl/α,β-unsaturated/α-hetero) is 2. The van der Waals surface area contributed by atoms with E-state index in [4.69, 9.17) is 67.8 Å². The molecule has 0 unspecified atom stereocenters. The number of nitrogens with zero attached hydrogens (tertiary/aromatic N) is 2. The van der Waals surface area contributed by atoms with Gasteiger partial charge in [-0.05, 0) is 95.7 Å². The van der Waals surface area contributed by atoms with Crippen LogP contribution in [0.3, 0.4) is 0 Å². The van der Waals surface area contributed by atoms with Crippen LogP contribution in [-0.4, -0.2) is 21.5 Å². The molecule has 0 spiro atoms. The summed E-state index contributed by atoms with van der Waals surface area (Å²) >= 11 is 23.6. The zero-order valence-corrected chi connectivity index (χ0v) is 33.6. The number of ketones is 2. The van der Waals surface area contributed by atoms with Gasteiger partial charge in [-0.15, -0.1) is 0 Å². The van der Waals surface area contributed by atoms with Gasteiger partial charge in [-0.2, -0.15) is 0 Å². The fourth-order valence-electron chi connectivity index (χ4n) is 6.18. The lowest BCUT2D eigenvalue weighted by Crippen LogP contribution is -2.14. The van der Waals surface area contributed by atoms with E-state index in [2.05, 4.69) is 18.2 Å². The molecule has 0 aliphatic heterocycles. The molecule has 0 amide bonds. The van der Waals surface area contributed by atoms with Gasteiger partial charge >= 0.3 is 0 Å². The van der Waals surface area contributed by atoms with Crippen LogP contribution >= 0.6 is 46.4 Å².